The van der Waals surface area contributed by atoms with Crippen LogP contribution >= 0.6 is 11.3 Å². The number of nitrogens with one attached hydrogen (secondary N) is 1. The number of aromatic nitrogens is 2. The largest absolute Gasteiger partial charge is 0.369 e. The van der Waals surface area contributed by atoms with Gasteiger partial charge in [-0.1, -0.05) is 12.1 Å². The maximum atomic E-state index is 4.90. The molecule has 30 heavy (non-hydrogen) atoms. The van der Waals surface area contributed by atoms with Gasteiger partial charge < -0.3 is 10.2 Å². The van der Waals surface area contributed by atoms with Gasteiger partial charge in [-0.3, -0.25) is 9.80 Å². The first-order chi connectivity index (χ1) is 14.7. The van der Waals surface area contributed by atoms with Crippen LogP contribution in [0.1, 0.15) is 17.8 Å². The first kappa shape index (κ1) is 21.2. The second-order valence-electron chi connectivity index (χ2n) is 8.27. The van der Waals surface area contributed by atoms with Crippen LogP contribution in [0.2, 0.25) is 0 Å². The Bertz CT molecular complexity index is 919. The normalized spacial score (nSPS) is 15.8. The van der Waals surface area contributed by atoms with Gasteiger partial charge in [0.1, 0.15) is 11.6 Å². The van der Waals surface area contributed by atoms with E-state index < -0.39 is 0 Å². The number of thiophene rings is 1. The monoisotopic (exact) mass is 424 g/mol. The molecule has 1 aromatic carbocycles. The third-order valence-corrected chi connectivity index (χ3v) is 6.27. The van der Waals surface area contributed by atoms with Crippen LogP contribution in [0.25, 0.3) is 10.9 Å². The van der Waals surface area contributed by atoms with Gasteiger partial charge in [0.15, 0.2) is 0 Å². The maximum Gasteiger partial charge on any atom is 0.145 e. The molecular formula is C23H32N6S. The average Bonchev–Trinajstić information content (AvgIpc) is 3.25. The zero-order valence-corrected chi connectivity index (χ0v) is 18.9. The van der Waals surface area contributed by atoms with Gasteiger partial charge in [0.2, 0.25) is 0 Å². The van der Waals surface area contributed by atoms with Gasteiger partial charge in [0.05, 0.1) is 12.1 Å². The zero-order chi connectivity index (χ0) is 20.8. The SMILES string of the molecule is CN(C)CCCNc1nc(CN2CCN(Cc3ccsc3)CC2)nc2ccccc12. The lowest BCUT2D eigenvalue weighted by Crippen LogP contribution is -2.45. The summed E-state index contributed by atoms with van der Waals surface area (Å²) in [4.78, 5) is 17.0. The Labute approximate surface area is 183 Å². The molecule has 1 N–H and O–H groups in total. The van der Waals surface area contributed by atoms with Gasteiger partial charge in [0.25, 0.3) is 0 Å². The minimum Gasteiger partial charge on any atom is -0.369 e. The number of hydrogen-bond acceptors (Lipinski definition) is 7. The van der Waals surface area contributed by atoms with Gasteiger partial charge in [0, 0.05) is 44.7 Å². The van der Waals surface area contributed by atoms with E-state index in [2.05, 4.69) is 75.2 Å². The molecule has 3 aromatic rings. The number of anilines is 1. The lowest BCUT2D eigenvalue weighted by atomic mass is 10.2. The summed E-state index contributed by atoms with van der Waals surface area (Å²) in [7, 11) is 4.22. The number of benzene rings is 1. The number of fused-ring (bicyclic) bond motifs is 1. The fraction of sp³-hybridized carbons (Fsp3) is 0.478. The third kappa shape index (κ3) is 5.76. The molecule has 4 rings (SSSR count). The molecule has 2 aromatic heterocycles. The van der Waals surface area contributed by atoms with E-state index in [1.807, 2.05) is 0 Å². The number of piperazine rings is 1. The summed E-state index contributed by atoms with van der Waals surface area (Å²) in [5.74, 6) is 1.88. The Balaban J connectivity index is 1.37. The van der Waals surface area contributed by atoms with Gasteiger partial charge in [-0.2, -0.15) is 11.3 Å². The summed E-state index contributed by atoms with van der Waals surface area (Å²) in [6, 6.07) is 10.5. The van der Waals surface area contributed by atoms with Crippen LogP contribution in [0.3, 0.4) is 0 Å². The fourth-order valence-corrected chi connectivity index (χ4v) is 4.54. The topological polar surface area (TPSA) is 47.5 Å². The van der Waals surface area contributed by atoms with Crippen molar-refractivity contribution in [1.82, 2.24) is 24.7 Å². The molecule has 6 nitrogen and oxygen atoms in total. The highest BCUT2D eigenvalue weighted by Crippen LogP contribution is 2.21. The van der Waals surface area contributed by atoms with Crippen molar-refractivity contribution >= 4 is 28.1 Å². The van der Waals surface area contributed by atoms with Gasteiger partial charge >= 0.3 is 0 Å². The van der Waals surface area contributed by atoms with E-state index in [0.29, 0.717) is 0 Å². The molecule has 0 bridgehead atoms. The van der Waals surface area contributed by atoms with Gasteiger partial charge in [-0.05, 0) is 61.6 Å². The minimum absolute atomic E-state index is 0.809. The number of nitrogens with zero attached hydrogens (tertiary/aromatic N) is 5. The molecule has 0 saturated carbocycles. The summed E-state index contributed by atoms with van der Waals surface area (Å²) >= 11 is 1.78. The highest BCUT2D eigenvalue weighted by Gasteiger charge is 2.19. The zero-order valence-electron chi connectivity index (χ0n) is 18.0. The second kappa shape index (κ2) is 10.3. The quantitative estimate of drug-likeness (QED) is 0.532. The Morgan fingerprint density at radius 1 is 1.00 bits per heavy atom. The van der Waals surface area contributed by atoms with Gasteiger partial charge in [-0.15, -0.1) is 0 Å². The van der Waals surface area contributed by atoms with Crippen LogP contribution in [0.5, 0.6) is 0 Å². The summed E-state index contributed by atoms with van der Waals surface area (Å²) in [5.41, 5.74) is 2.45. The smallest absolute Gasteiger partial charge is 0.145 e. The standard InChI is InChI=1S/C23H32N6S/c1-27(2)10-5-9-24-23-20-6-3-4-7-21(20)25-22(26-23)17-29-13-11-28(12-14-29)16-19-8-15-30-18-19/h3-4,6-8,15,18H,5,9-14,16-17H2,1-2H3,(H,24,25,26). The summed E-state index contributed by atoms with van der Waals surface area (Å²) in [6.07, 6.45) is 1.09. The Hall–Kier alpha value is -2.06. The van der Waals surface area contributed by atoms with E-state index in [1.165, 1.54) is 5.56 Å². The van der Waals surface area contributed by atoms with Crippen LogP contribution in [-0.2, 0) is 13.1 Å². The van der Waals surface area contributed by atoms with Crippen molar-refractivity contribution in [2.24, 2.45) is 0 Å². The molecule has 0 radical (unpaired) electrons. The van der Waals surface area contributed by atoms with Crippen molar-refractivity contribution in [1.29, 1.82) is 0 Å². The molecule has 1 fully saturated rings. The van der Waals surface area contributed by atoms with E-state index in [4.69, 9.17) is 9.97 Å². The average molecular weight is 425 g/mol. The fourth-order valence-electron chi connectivity index (χ4n) is 3.88. The Morgan fingerprint density at radius 3 is 2.50 bits per heavy atom. The lowest BCUT2D eigenvalue weighted by Gasteiger charge is -2.34. The highest BCUT2D eigenvalue weighted by atomic mass is 32.1. The number of para-hydroxylation sites is 1. The molecule has 7 heteroatoms. The van der Waals surface area contributed by atoms with Crippen molar-refractivity contribution in [3.8, 4) is 0 Å². The van der Waals surface area contributed by atoms with E-state index >= 15 is 0 Å². The molecular weight excluding hydrogens is 392 g/mol. The molecule has 0 aliphatic carbocycles. The molecule has 0 spiro atoms. The van der Waals surface area contributed by atoms with Crippen molar-refractivity contribution in [2.45, 2.75) is 19.5 Å². The molecule has 1 saturated heterocycles. The Kier molecular flexibility index (Phi) is 7.28. The lowest BCUT2D eigenvalue weighted by molar-refractivity contribution is 0.120. The van der Waals surface area contributed by atoms with Crippen LogP contribution in [0.4, 0.5) is 5.82 Å². The summed E-state index contributed by atoms with van der Waals surface area (Å²) < 4.78 is 0. The molecule has 0 unspecified atom stereocenters. The van der Waals surface area contributed by atoms with E-state index in [-0.39, 0.29) is 0 Å². The second-order valence-corrected chi connectivity index (χ2v) is 9.05. The van der Waals surface area contributed by atoms with Crippen molar-refractivity contribution in [3.05, 3.63) is 52.5 Å². The summed E-state index contributed by atoms with van der Waals surface area (Å²) in [5, 5.41) is 9.07. The first-order valence-corrected chi connectivity index (χ1v) is 11.7. The molecule has 1 aliphatic heterocycles. The molecule has 160 valence electrons. The highest BCUT2D eigenvalue weighted by molar-refractivity contribution is 7.07. The third-order valence-electron chi connectivity index (χ3n) is 5.54. The Morgan fingerprint density at radius 2 is 1.77 bits per heavy atom. The number of rotatable bonds is 9. The minimum atomic E-state index is 0.809. The van der Waals surface area contributed by atoms with Crippen LogP contribution in [0, 0.1) is 0 Å². The molecule has 0 amide bonds. The predicted molar refractivity (Wildman–Crippen MR) is 126 cm³/mol. The van der Waals surface area contributed by atoms with E-state index in [1.54, 1.807) is 11.3 Å². The molecule has 3 heterocycles. The predicted octanol–water partition coefficient (Wildman–Crippen LogP) is 3.37. The first-order valence-electron chi connectivity index (χ1n) is 10.8. The maximum absolute atomic E-state index is 4.90. The molecule has 0 atom stereocenters. The van der Waals surface area contributed by atoms with Crippen molar-refractivity contribution in [2.75, 3.05) is 58.7 Å². The van der Waals surface area contributed by atoms with Crippen molar-refractivity contribution in [3.63, 3.8) is 0 Å². The van der Waals surface area contributed by atoms with Gasteiger partial charge in [-0.25, -0.2) is 9.97 Å². The molecule has 1 aliphatic rings. The summed E-state index contributed by atoms with van der Waals surface area (Å²) in [6.45, 7) is 8.17. The van der Waals surface area contributed by atoms with Crippen molar-refractivity contribution < 1.29 is 0 Å². The van der Waals surface area contributed by atoms with E-state index in [0.717, 1.165) is 81.3 Å². The van der Waals surface area contributed by atoms with Crippen LogP contribution < -0.4 is 5.32 Å². The van der Waals surface area contributed by atoms with E-state index in [9.17, 15) is 0 Å². The van der Waals surface area contributed by atoms with Crippen LogP contribution in [-0.4, -0.2) is 78.0 Å². The van der Waals surface area contributed by atoms with Crippen LogP contribution in [0.15, 0.2) is 41.1 Å². The number of hydrogen-bond donors (Lipinski definition) is 1.